The van der Waals surface area contributed by atoms with Gasteiger partial charge in [0.2, 0.25) is 0 Å². The topological polar surface area (TPSA) is 53.0 Å². The number of aromatic nitrogens is 2. The smallest absolute Gasteiger partial charge is 0.294 e. The summed E-state index contributed by atoms with van der Waals surface area (Å²) in [6.45, 7) is 4.02. The van der Waals surface area contributed by atoms with Crippen LogP contribution in [0.1, 0.15) is 26.0 Å². The van der Waals surface area contributed by atoms with E-state index in [2.05, 4.69) is 0 Å². The molecule has 0 unspecified atom stereocenters. The Kier molecular flexibility index (Phi) is 4.11. The molecule has 0 aliphatic carbocycles. The third-order valence-corrected chi connectivity index (χ3v) is 3.29. The zero-order valence-electron chi connectivity index (χ0n) is 11.8. The van der Waals surface area contributed by atoms with Gasteiger partial charge in [0.15, 0.2) is 17.5 Å². The summed E-state index contributed by atoms with van der Waals surface area (Å²) in [5.41, 5.74) is 5.36. The van der Waals surface area contributed by atoms with E-state index in [-0.39, 0.29) is 11.4 Å². The van der Waals surface area contributed by atoms with Gasteiger partial charge in [-0.2, -0.15) is 0 Å². The van der Waals surface area contributed by atoms with Crippen LogP contribution in [0.2, 0.25) is 0 Å². The lowest BCUT2D eigenvalue weighted by molar-refractivity contribution is 0.479. The van der Waals surface area contributed by atoms with Crippen molar-refractivity contribution in [1.29, 1.82) is 0 Å². The van der Waals surface area contributed by atoms with Gasteiger partial charge < -0.3 is 5.73 Å². The number of hydrogen-bond acceptors (Lipinski definition) is 2. The van der Waals surface area contributed by atoms with Crippen LogP contribution in [0.4, 0.5) is 18.9 Å². The van der Waals surface area contributed by atoms with Crippen molar-refractivity contribution < 1.29 is 13.2 Å². The first-order valence-corrected chi connectivity index (χ1v) is 6.67. The molecule has 0 radical (unpaired) electrons. The third-order valence-electron chi connectivity index (χ3n) is 3.29. The minimum atomic E-state index is -1.30. The van der Waals surface area contributed by atoms with Gasteiger partial charge in [-0.15, -0.1) is 0 Å². The Labute approximate surface area is 119 Å². The molecule has 2 rings (SSSR count). The van der Waals surface area contributed by atoms with Gasteiger partial charge in [0, 0.05) is 18.7 Å². The lowest BCUT2D eigenvalue weighted by Crippen LogP contribution is -2.23. The van der Waals surface area contributed by atoms with E-state index in [1.165, 1.54) is 4.68 Å². The van der Waals surface area contributed by atoms with Crippen LogP contribution in [0.3, 0.4) is 0 Å². The van der Waals surface area contributed by atoms with Crippen LogP contribution in [-0.4, -0.2) is 9.36 Å². The Morgan fingerprint density at radius 3 is 2.29 bits per heavy atom. The molecule has 0 saturated heterocycles. The van der Waals surface area contributed by atoms with Crippen LogP contribution in [0.15, 0.2) is 16.9 Å². The fourth-order valence-corrected chi connectivity index (χ4v) is 2.35. The number of nitrogen functional groups attached to an aromatic ring is 1. The summed E-state index contributed by atoms with van der Waals surface area (Å²) < 4.78 is 42.8. The second-order valence-electron chi connectivity index (χ2n) is 4.66. The van der Waals surface area contributed by atoms with Crippen LogP contribution in [-0.2, 0) is 13.0 Å². The molecular weight excluding hydrogens is 283 g/mol. The van der Waals surface area contributed by atoms with E-state index < -0.39 is 23.0 Å². The fraction of sp³-hybridized carbons (Fsp3) is 0.357. The molecule has 114 valence electrons. The molecule has 1 heterocycles. The van der Waals surface area contributed by atoms with Gasteiger partial charge >= 0.3 is 0 Å². The first-order valence-electron chi connectivity index (χ1n) is 6.67. The van der Waals surface area contributed by atoms with Gasteiger partial charge in [-0.25, -0.2) is 17.9 Å². The second kappa shape index (κ2) is 5.67. The Morgan fingerprint density at radius 2 is 1.71 bits per heavy atom. The van der Waals surface area contributed by atoms with Gasteiger partial charge in [0.1, 0.15) is 11.4 Å². The summed E-state index contributed by atoms with van der Waals surface area (Å²) in [6.07, 6.45) is 1.28. The average Bonchev–Trinajstić information content (AvgIpc) is 2.68. The molecule has 0 aliphatic heterocycles. The number of benzene rings is 1. The van der Waals surface area contributed by atoms with E-state index in [4.69, 9.17) is 5.73 Å². The van der Waals surface area contributed by atoms with Crippen molar-refractivity contribution in [3.05, 3.63) is 45.6 Å². The van der Waals surface area contributed by atoms with E-state index in [0.29, 0.717) is 30.8 Å². The molecule has 21 heavy (non-hydrogen) atoms. The number of halogens is 3. The maximum absolute atomic E-state index is 13.9. The molecule has 0 amide bonds. The summed E-state index contributed by atoms with van der Waals surface area (Å²) in [4.78, 5) is 12.2. The SMILES string of the molecule is CCCc1c(N)c(=O)n(-c2cc(F)c(F)cc2F)n1CC. The predicted octanol–water partition coefficient (Wildman–Crippen LogP) is 2.61. The van der Waals surface area contributed by atoms with Crippen molar-refractivity contribution in [1.82, 2.24) is 9.36 Å². The normalized spacial score (nSPS) is 11.1. The summed E-state index contributed by atoms with van der Waals surface area (Å²) in [5, 5.41) is 0. The number of nitrogens with zero attached hydrogens (tertiary/aromatic N) is 2. The van der Waals surface area contributed by atoms with Crippen molar-refractivity contribution in [2.24, 2.45) is 0 Å². The molecular formula is C14H16F3N3O. The van der Waals surface area contributed by atoms with Crippen molar-refractivity contribution in [2.45, 2.75) is 33.2 Å². The molecule has 0 bridgehead atoms. The fourth-order valence-electron chi connectivity index (χ4n) is 2.35. The van der Waals surface area contributed by atoms with Crippen LogP contribution >= 0.6 is 0 Å². The molecule has 0 spiro atoms. The van der Waals surface area contributed by atoms with Crippen LogP contribution in [0.25, 0.3) is 5.69 Å². The minimum Gasteiger partial charge on any atom is -0.393 e. The van der Waals surface area contributed by atoms with E-state index >= 15 is 0 Å². The molecule has 0 aliphatic rings. The molecule has 0 fully saturated rings. The minimum absolute atomic E-state index is 0.00262. The predicted molar refractivity (Wildman–Crippen MR) is 74.0 cm³/mol. The molecule has 2 aromatic rings. The van der Waals surface area contributed by atoms with Crippen molar-refractivity contribution in [3.8, 4) is 5.69 Å². The molecule has 1 aromatic heterocycles. The summed E-state index contributed by atoms with van der Waals surface area (Å²) in [6, 6.07) is 1.08. The first-order chi connectivity index (χ1) is 9.92. The highest BCUT2D eigenvalue weighted by atomic mass is 19.2. The quantitative estimate of drug-likeness (QED) is 0.882. The van der Waals surface area contributed by atoms with E-state index in [9.17, 15) is 18.0 Å². The zero-order chi connectivity index (χ0) is 15.7. The highest BCUT2D eigenvalue weighted by Gasteiger charge is 2.21. The van der Waals surface area contributed by atoms with Crippen molar-refractivity contribution >= 4 is 5.69 Å². The highest BCUT2D eigenvalue weighted by molar-refractivity contribution is 5.46. The first kappa shape index (κ1) is 15.2. The Morgan fingerprint density at radius 1 is 1.10 bits per heavy atom. The number of hydrogen-bond donors (Lipinski definition) is 1. The Bertz CT molecular complexity index is 734. The lowest BCUT2D eigenvalue weighted by Gasteiger charge is -2.13. The lowest BCUT2D eigenvalue weighted by atomic mass is 10.2. The van der Waals surface area contributed by atoms with E-state index in [1.54, 1.807) is 6.92 Å². The molecule has 0 saturated carbocycles. The van der Waals surface area contributed by atoms with Crippen molar-refractivity contribution in [3.63, 3.8) is 0 Å². The molecule has 2 N–H and O–H groups in total. The van der Waals surface area contributed by atoms with E-state index in [1.807, 2.05) is 6.92 Å². The summed E-state index contributed by atoms with van der Waals surface area (Å²) in [7, 11) is 0. The number of nitrogens with two attached hydrogens (primary N) is 1. The number of rotatable bonds is 4. The summed E-state index contributed by atoms with van der Waals surface area (Å²) >= 11 is 0. The summed E-state index contributed by atoms with van der Waals surface area (Å²) in [5.74, 6) is -3.55. The maximum atomic E-state index is 13.9. The van der Waals surface area contributed by atoms with Crippen LogP contribution in [0, 0.1) is 17.5 Å². The number of anilines is 1. The maximum Gasteiger partial charge on any atom is 0.294 e. The highest BCUT2D eigenvalue weighted by Crippen LogP contribution is 2.20. The molecule has 1 aromatic carbocycles. The molecule has 7 heteroatoms. The third kappa shape index (κ3) is 2.43. The molecule has 0 atom stereocenters. The Balaban J connectivity index is 2.78. The van der Waals surface area contributed by atoms with Gasteiger partial charge in [0.25, 0.3) is 5.56 Å². The van der Waals surface area contributed by atoms with Gasteiger partial charge in [-0.1, -0.05) is 13.3 Å². The Hall–Kier alpha value is -2.18. The van der Waals surface area contributed by atoms with Crippen molar-refractivity contribution in [2.75, 3.05) is 5.73 Å². The molecule has 4 nitrogen and oxygen atoms in total. The largest absolute Gasteiger partial charge is 0.393 e. The van der Waals surface area contributed by atoms with Gasteiger partial charge in [0.05, 0.1) is 5.69 Å². The van der Waals surface area contributed by atoms with Gasteiger partial charge in [-0.05, 0) is 13.3 Å². The standard InChI is InChI=1S/C14H16F3N3O/c1-3-5-11-13(18)14(21)20(19(11)4-2)12-7-9(16)8(15)6-10(12)17/h6-7H,3-5,18H2,1-2H3. The van der Waals surface area contributed by atoms with Crippen LogP contribution in [0.5, 0.6) is 0 Å². The monoisotopic (exact) mass is 299 g/mol. The van der Waals surface area contributed by atoms with Gasteiger partial charge in [-0.3, -0.25) is 9.48 Å². The average molecular weight is 299 g/mol. The van der Waals surface area contributed by atoms with Crippen LogP contribution < -0.4 is 11.3 Å². The second-order valence-corrected chi connectivity index (χ2v) is 4.66. The van der Waals surface area contributed by atoms with E-state index in [0.717, 1.165) is 11.1 Å². The zero-order valence-corrected chi connectivity index (χ0v) is 11.8.